The molecule has 0 unspecified atom stereocenters. The number of thiocarbonyl (C=S) groups is 1. The Morgan fingerprint density at radius 2 is 1.96 bits per heavy atom. The summed E-state index contributed by atoms with van der Waals surface area (Å²) in [6.45, 7) is 4.30. The number of halogens is 1. The molecule has 0 radical (unpaired) electrons. The molecule has 1 N–H and O–H groups in total. The zero-order valence-corrected chi connectivity index (χ0v) is 16.7. The zero-order valence-electron chi connectivity index (χ0n) is 15.1. The van der Waals surface area contributed by atoms with Gasteiger partial charge in [0.05, 0.1) is 22.8 Å². The molecule has 138 valence electrons. The smallest absolute Gasteiger partial charge is 0.170 e. The summed E-state index contributed by atoms with van der Waals surface area (Å²) in [5.74, 6) is 0.820. The van der Waals surface area contributed by atoms with E-state index in [2.05, 4.69) is 44.7 Å². The van der Waals surface area contributed by atoms with Gasteiger partial charge in [0.15, 0.2) is 5.11 Å². The van der Waals surface area contributed by atoms with Crippen molar-refractivity contribution in [2.45, 2.75) is 32.0 Å². The number of hydrogen-bond acceptors (Lipinski definition) is 3. The fourth-order valence-electron chi connectivity index (χ4n) is 3.59. The summed E-state index contributed by atoms with van der Waals surface area (Å²) in [7, 11) is 0. The summed E-state index contributed by atoms with van der Waals surface area (Å²) in [4.78, 5) is 11.3. The van der Waals surface area contributed by atoms with E-state index in [0.717, 1.165) is 22.3 Å². The lowest BCUT2D eigenvalue weighted by atomic mass is 10.0. The average Bonchev–Trinajstić information content (AvgIpc) is 3.27. The SMILES string of the molecule is CC(C)N1C(=S)N[C@@H](c2ccccn2)[C@@H]1c1cccn1-c1ccc(Cl)cn1. The zero-order chi connectivity index (χ0) is 19.0. The van der Waals surface area contributed by atoms with Gasteiger partial charge in [0.1, 0.15) is 5.82 Å². The standard InChI is InChI=1S/C20H20ClN5S/c1-13(2)26-19(18(24-20(26)27)15-6-3-4-10-22-15)16-7-5-11-25(16)17-9-8-14(21)12-23-17/h3-13,18-19H,1-2H3,(H,24,27)/t18-,19-/m0/s1. The first-order chi connectivity index (χ1) is 13.1. The van der Waals surface area contributed by atoms with Crippen LogP contribution in [0.4, 0.5) is 0 Å². The summed E-state index contributed by atoms with van der Waals surface area (Å²) in [5, 5.41) is 4.82. The Bertz CT molecular complexity index is 939. The van der Waals surface area contributed by atoms with Crippen LogP contribution in [0, 0.1) is 0 Å². The van der Waals surface area contributed by atoms with Gasteiger partial charge in [0.25, 0.3) is 0 Å². The summed E-state index contributed by atoms with van der Waals surface area (Å²) in [6, 6.07) is 14.1. The van der Waals surface area contributed by atoms with Crippen molar-refractivity contribution < 1.29 is 0 Å². The second kappa shape index (κ2) is 7.29. The van der Waals surface area contributed by atoms with E-state index in [1.54, 1.807) is 6.20 Å². The van der Waals surface area contributed by atoms with Crippen molar-refractivity contribution in [1.29, 1.82) is 0 Å². The third-order valence-electron chi connectivity index (χ3n) is 4.73. The van der Waals surface area contributed by atoms with Gasteiger partial charge in [0, 0.05) is 30.3 Å². The summed E-state index contributed by atoms with van der Waals surface area (Å²) >= 11 is 11.7. The number of pyridine rings is 2. The molecule has 1 aliphatic heterocycles. The lowest BCUT2D eigenvalue weighted by Gasteiger charge is -2.31. The minimum atomic E-state index is -0.0398. The molecular weight excluding hydrogens is 378 g/mol. The predicted octanol–water partition coefficient (Wildman–Crippen LogP) is 4.30. The summed E-state index contributed by atoms with van der Waals surface area (Å²) in [6.07, 6.45) is 5.49. The molecule has 0 bridgehead atoms. The van der Waals surface area contributed by atoms with Crippen LogP contribution in [-0.4, -0.2) is 30.6 Å². The van der Waals surface area contributed by atoms with Gasteiger partial charge in [-0.05, 0) is 62.5 Å². The maximum absolute atomic E-state index is 6.01. The minimum absolute atomic E-state index is 0.000113. The van der Waals surface area contributed by atoms with Crippen molar-refractivity contribution in [3.05, 3.63) is 77.5 Å². The van der Waals surface area contributed by atoms with E-state index in [0.29, 0.717) is 5.02 Å². The lowest BCUT2D eigenvalue weighted by molar-refractivity contribution is 0.262. The van der Waals surface area contributed by atoms with E-state index in [9.17, 15) is 0 Å². The van der Waals surface area contributed by atoms with Crippen molar-refractivity contribution in [2.75, 3.05) is 0 Å². The molecule has 4 heterocycles. The van der Waals surface area contributed by atoms with Crippen LogP contribution in [0.15, 0.2) is 61.1 Å². The third kappa shape index (κ3) is 3.31. The second-order valence-electron chi connectivity index (χ2n) is 6.77. The Labute approximate surface area is 169 Å². The molecule has 7 heteroatoms. The van der Waals surface area contributed by atoms with Crippen LogP contribution in [0.1, 0.15) is 37.3 Å². The highest BCUT2D eigenvalue weighted by Crippen LogP contribution is 2.40. The van der Waals surface area contributed by atoms with Gasteiger partial charge in [-0.3, -0.25) is 4.98 Å². The van der Waals surface area contributed by atoms with Crippen molar-refractivity contribution >= 4 is 28.9 Å². The van der Waals surface area contributed by atoms with Crippen LogP contribution < -0.4 is 5.32 Å². The van der Waals surface area contributed by atoms with Crippen LogP contribution in [0.25, 0.3) is 5.82 Å². The predicted molar refractivity (Wildman–Crippen MR) is 111 cm³/mol. The summed E-state index contributed by atoms with van der Waals surface area (Å²) < 4.78 is 2.09. The molecule has 0 amide bonds. The van der Waals surface area contributed by atoms with E-state index in [4.69, 9.17) is 23.8 Å². The van der Waals surface area contributed by atoms with Crippen LogP contribution in [0.2, 0.25) is 5.02 Å². The van der Waals surface area contributed by atoms with Crippen molar-refractivity contribution in [3.63, 3.8) is 0 Å². The summed E-state index contributed by atoms with van der Waals surface area (Å²) in [5.41, 5.74) is 2.06. The Morgan fingerprint density at radius 1 is 1.11 bits per heavy atom. The Hall–Kier alpha value is -2.44. The molecule has 27 heavy (non-hydrogen) atoms. The van der Waals surface area contributed by atoms with Crippen molar-refractivity contribution in [1.82, 2.24) is 24.8 Å². The minimum Gasteiger partial charge on any atom is -0.352 e. The molecule has 0 spiro atoms. The quantitative estimate of drug-likeness (QED) is 0.665. The Balaban J connectivity index is 1.82. The number of nitrogens with zero attached hydrogens (tertiary/aromatic N) is 4. The van der Waals surface area contributed by atoms with Crippen molar-refractivity contribution in [2.24, 2.45) is 0 Å². The van der Waals surface area contributed by atoms with Gasteiger partial charge < -0.3 is 14.8 Å². The molecule has 0 saturated carbocycles. The number of nitrogens with one attached hydrogen (secondary N) is 1. The average molecular weight is 398 g/mol. The molecule has 5 nitrogen and oxygen atoms in total. The van der Waals surface area contributed by atoms with Gasteiger partial charge >= 0.3 is 0 Å². The van der Waals surface area contributed by atoms with E-state index in [-0.39, 0.29) is 18.1 Å². The Morgan fingerprint density at radius 3 is 2.63 bits per heavy atom. The maximum atomic E-state index is 6.01. The number of rotatable bonds is 4. The molecule has 1 saturated heterocycles. The van der Waals surface area contributed by atoms with Crippen LogP contribution in [0.3, 0.4) is 0 Å². The largest absolute Gasteiger partial charge is 0.352 e. The van der Waals surface area contributed by atoms with E-state index in [1.165, 1.54) is 0 Å². The second-order valence-corrected chi connectivity index (χ2v) is 7.59. The molecule has 3 aromatic rings. The van der Waals surface area contributed by atoms with Gasteiger partial charge in [-0.15, -0.1) is 0 Å². The number of hydrogen-bond donors (Lipinski definition) is 1. The highest BCUT2D eigenvalue weighted by atomic mass is 35.5. The van der Waals surface area contributed by atoms with E-state index < -0.39 is 0 Å². The highest BCUT2D eigenvalue weighted by molar-refractivity contribution is 7.80. The fourth-order valence-corrected chi connectivity index (χ4v) is 4.16. The normalized spacial score (nSPS) is 19.6. The Kier molecular flexibility index (Phi) is 4.85. The van der Waals surface area contributed by atoms with Gasteiger partial charge in [-0.1, -0.05) is 17.7 Å². The molecule has 2 atom stereocenters. The van der Waals surface area contributed by atoms with Gasteiger partial charge in [0.2, 0.25) is 0 Å². The first-order valence-electron chi connectivity index (χ1n) is 8.85. The molecule has 1 aliphatic rings. The first-order valence-corrected chi connectivity index (χ1v) is 9.64. The maximum Gasteiger partial charge on any atom is 0.170 e. The molecule has 4 rings (SSSR count). The molecule has 0 aromatic carbocycles. The third-order valence-corrected chi connectivity index (χ3v) is 5.29. The molecule has 3 aromatic heterocycles. The molecule has 0 aliphatic carbocycles. The topological polar surface area (TPSA) is 46.0 Å². The number of aromatic nitrogens is 3. The first kappa shape index (κ1) is 17.9. The fraction of sp³-hybridized carbons (Fsp3) is 0.250. The van der Waals surface area contributed by atoms with Gasteiger partial charge in [-0.25, -0.2) is 4.98 Å². The molecule has 1 fully saturated rings. The van der Waals surface area contributed by atoms with Crippen molar-refractivity contribution in [3.8, 4) is 5.82 Å². The van der Waals surface area contributed by atoms with E-state index in [1.807, 2.05) is 48.8 Å². The molecular formula is C20H20ClN5S. The van der Waals surface area contributed by atoms with E-state index >= 15 is 0 Å². The lowest BCUT2D eigenvalue weighted by Crippen LogP contribution is -2.36. The van der Waals surface area contributed by atoms with Crippen LogP contribution in [0.5, 0.6) is 0 Å². The van der Waals surface area contributed by atoms with Crippen LogP contribution in [-0.2, 0) is 0 Å². The van der Waals surface area contributed by atoms with Gasteiger partial charge in [-0.2, -0.15) is 0 Å². The monoisotopic (exact) mass is 397 g/mol. The van der Waals surface area contributed by atoms with Crippen LogP contribution >= 0.6 is 23.8 Å². The highest BCUT2D eigenvalue weighted by Gasteiger charge is 2.42.